The lowest BCUT2D eigenvalue weighted by Crippen LogP contribution is -2.28. The van der Waals surface area contributed by atoms with Gasteiger partial charge < -0.3 is 15.7 Å². The smallest absolute Gasteiger partial charge is 0.222 e. The fourth-order valence-electron chi connectivity index (χ4n) is 2.45. The third-order valence-electron chi connectivity index (χ3n) is 3.54. The molecule has 0 saturated carbocycles. The first-order valence-corrected chi connectivity index (χ1v) is 6.29. The molecule has 3 N–H and O–H groups in total. The van der Waals surface area contributed by atoms with Crippen LogP contribution in [0, 0.1) is 17.2 Å². The standard InChI is InChI=1S/C14H17N3O2/c1-9(18)12-3-2-10(7-15)6-13(12)17-5-4-11(8-17)14(16)19/h2-3,6,9,11,18H,4-5,8H2,1H3,(H2,16,19)/t9-,11?/m0/s1. The first kappa shape index (κ1) is 13.4. The molecule has 1 unspecified atom stereocenters. The molecule has 1 aliphatic heterocycles. The second-order valence-electron chi connectivity index (χ2n) is 4.90. The lowest BCUT2D eigenvalue weighted by Gasteiger charge is -2.23. The average molecular weight is 259 g/mol. The Labute approximate surface area is 112 Å². The fraction of sp³-hybridized carbons (Fsp3) is 0.429. The van der Waals surface area contributed by atoms with Crippen LogP contribution in [-0.2, 0) is 4.79 Å². The van der Waals surface area contributed by atoms with Crippen LogP contribution in [0.4, 0.5) is 5.69 Å². The van der Waals surface area contributed by atoms with Crippen LogP contribution in [-0.4, -0.2) is 24.1 Å². The summed E-state index contributed by atoms with van der Waals surface area (Å²) in [7, 11) is 0. The molecule has 1 aliphatic rings. The Hall–Kier alpha value is -2.06. The van der Waals surface area contributed by atoms with Crippen molar-refractivity contribution in [3.8, 4) is 6.07 Å². The number of carbonyl (C=O) groups is 1. The van der Waals surface area contributed by atoms with Crippen molar-refractivity contribution in [1.29, 1.82) is 5.26 Å². The molecule has 0 aliphatic carbocycles. The van der Waals surface area contributed by atoms with Crippen molar-refractivity contribution < 1.29 is 9.90 Å². The molecule has 0 bridgehead atoms. The zero-order chi connectivity index (χ0) is 14.0. The van der Waals surface area contributed by atoms with E-state index < -0.39 is 6.10 Å². The number of nitrogens with two attached hydrogens (primary N) is 1. The van der Waals surface area contributed by atoms with E-state index in [9.17, 15) is 9.90 Å². The molecule has 1 heterocycles. The zero-order valence-corrected chi connectivity index (χ0v) is 10.8. The second kappa shape index (κ2) is 5.29. The average Bonchev–Trinajstić information content (AvgIpc) is 2.87. The first-order valence-electron chi connectivity index (χ1n) is 6.29. The van der Waals surface area contributed by atoms with E-state index >= 15 is 0 Å². The number of carbonyl (C=O) groups excluding carboxylic acids is 1. The van der Waals surface area contributed by atoms with Crippen molar-refractivity contribution in [2.75, 3.05) is 18.0 Å². The number of primary amides is 1. The highest BCUT2D eigenvalue weighted by Crippen LogP contribution is 2.31. The van der Waals surface area contributed by atoms with Crippen LogP contribution < -0.4 is 10.6 Å². The Morgan fingerprint density at radius 2 is 2.37 bits per heavy atom. The van der Waals surface area contributed by atoms with E-state index in [1.54, 1.807) is 25.1 Å². The van der Waals surface area contributed by atoms with Gasteiger partial charge in [0.2, 0.25) is 5.91 Å². The van der Waals surface area contributed by atoms with Crippen LogP contribution >= 0.6 is 0 Å². The highest BCUT2D eigenvalue weighted by atomic mass is 16.3. The summed E-state index contributed by atoms with van der Waals surface area (Å²) in [5.74, 6) is -0.454. The number of rotatable bonds is 3. The second-order valence-corrected chi connectivity index (χ2v) is 4.90. The summed E-state index contributed by atoms with van der Waals surface area (Å²) in [6.45, 7) is 2.94. The molecular formula is C14H17N3O2. The highest BCUT2D eigenvalue weighted by Gasteiger charge is 2.28. The lowest BCUT2D eigenvalue weighted by molar-refractivity contribution is -0.121. The number of nitriles is 1. The minimum atomic E-state index is -0.615. The first-order chi connectivity index (χ1) is 9.02. The van der Waals surface area contributed by atoms with Gasteiger partial charge in [-0.3, -0.25) is 4.79 Å². The van der Waals surface area contributed by atoms with Gasteiger partial charge in [0.25, 0.3) is 0 Å². The molecule has 0 radical (unpaired) electrons. The quantitative estimate of drug-likeness (QED) is 0.844. The molecule has 2 rings (SSSR count). The summed E-state index contributed by atoms with van der Waals surface area (Å²) in [6, 6.07) is 7.29. The Morgan fingerprint density at radius 3 is 2.89 bits per heavy atom. The van der Waals surface area contributed by atoms with E-state index in [1.807, 2.05) is 4.90 Å². The molecule has 1 aromatic carbocycles. The number of benzene rings is 1. The molecule has 1 saturated heterocycles. The van der Waals surface area contributed by atoms with Crippen LogP contribution in [0.25, 0.3) is 0 Å². The Morgan fingerprint density at radius 1 is 1.63 bits per heavy atom. The largest absolute Gasteiger partial charge is 0.389 e. The fourth-order valence-corrected chi connectivity index (χ4v) is 2.45. The van der Waals surface area contributed by atoms with Crippen LogP contribution in [0.2, 0.25) is 0 Å². The molecule has 1 aromatic rings. The van der Waals surface area contributed by atoms with E-state index in [2.05, 4.69) is 6.07 Å². The highest BCUT2D eigenvalue weighted by molar-refractivity contribution is 5.78. The maximum Gasteiger partial charge on any atom is 0.222 e. The number of anilines is 1. The molecule has 1 amide bonds. The maximum atomic E-state index is 11.2. The third kappa shape index (κ3) is 2.69. The van der Waals surface area contributed by atoms with E-state index in [4.69, 9.17) is 11.0 Å². The molecule has 2 atom stereocenters. The van der Waals surface area contributed by atoms with Crippen molar-refractivity contribution in [2.24, 2.45) is 11.7 Å². The predicted octanol–water partition coefficient (Wildman–Crippen LogP) is 0.923. The monoisotopic (exact) mass is 259 g/mol. The van der Waals surface area contributed by atoms with Gasteiger partial charge in [-0.25, -0.2) is 0 Å². The van der Waals surface area contributed by atoms with E-state index in [1.165, 1.54) is 0 Å². The summed E-state index contributed by atoms with van der Waals surface area (Å²) in [5.41, 5.74) is 7.45. The number of aliphatic hydroxyl groups excluding tert-OH is 1. The van der Waals surface area contributed by atoms with Crippen LogP contribution in [0.5, 0.6) is 0 Å². The van der Waals surface area contributed by atoms with Crippen molar-refractivity contribution in [1.82, 2.24) is 0 Å². The van der Waals surface area contributed by atoms with Gasteiger partial charge in [0, 0.05) is 24.3 Å². The normalized spacial score (nSPS) is 20.1. The number of nitrogens with zero attached hydrogens (tertiary/aromatic N) is 2. The van der Waals surface area contributed by atoms with Gasteiger partial charge in [-0.1, -0.05) is 6.07 Å². The van der Waals surface area contributed by atoms with Crippen LogP contribution in [0.15, 0.2) is 18.2 Å². The van der Waals surface area contributed by atoms with E-state index in [0.29, 0.717) is 25.1 Å². The van der Waals surface area contributed by atoms with Gasteiger partial charge >= 0.3 is 0 Å². The topological polar surface area (TPSA) is 90.3 Å². The number of aliphatic hydroxyl groups is 1. The summed E-state index contributed by atoms with van der Waals surface area (Å²) in [4.78, 5) is 13.2. The van der Waals surface area contributed by atoms with Crippen LogP contribution in [0.1, 0.15) is 30.6 Å². The molecule has 1 fully saturated rings. The molecule has 100 valence electrons. The third-order valence-corrected chi connectivity index (χ3v) is 3.54. The Balaban J connectivity index is 2.33. The summed E-state index contributed by atoms with van der Waals surface area (Å²) in [5, 5.41) is 18.8. The van der Waals surface area contributed by atoms with E-state index in [-0.39, 0.29) is 11.8 Å². The SMILES string of the molecule is C[C@H](O)c1ccc(C#N)cc1N1CCC(C(N)=O)C1. The van der Waals surface area contributed by atoms with Gasteiger partial charge in [0.15, 0.2) is 0 Å². The van der Waals surface area contributed by atoms with Crippen molar-refractivity contribution >= 4 is 11.6 Å². The predicted molar refractivity (Wildman–Crippen MR) is 71.3 cm³/mol. The number of amides is 1. The molecule has 0 aromatic heterocycles. The Kier molecular flexibility index (Phi) is 3.72. The molecule has 5 heteroatoms. The van der Waals surface area contributed by atoms with Gasteiger partial charge in [0.05, 0.1) is 23.7 Å². The summed E-state index contributed by atoms with van der Waals surface area (Å²) in [6.07, 6.45) is 0.0983. The maximum absolute atomic E-state index is 11.2. The molecule has 0 spiro atoms. The zero-order valence-electron chi connectivity index (χ0n) is 10.8. The minimum absolute atomic E-state index is 0.160. The molecule has 5 nitrogen and oxygen atoms in total. The van der Waals surface area contributed by atoms with Gasteiger partial charge in [-0.15, -0.1) is 0 Å². The van der Waals surface area contributed by atoms with Gasteiger partial charge in [-0.05, 0) is 25.5 Å². The van der Waals surface area contributed by atoms with Crippen LogP contribution in [0.3, 0.4) is 0 Å². The Bertz CT molecular complexity index is 534. The summed E-state index contributed by atoms with van der Waals surface area (Å²) < 4.78 is 0. The summed E-state index contributed by atoms with van der Waals surface area (Å²) >= 11 is 0. The lowest BCUT2D eigenvalue weighted by atomic mass is 10.0. The van der Waals surface area contributed by atoms with Crippen molar-refractivity contribution in [3.63, 3.8) is 0 Å². The minimum Gasteiger partial charge on any atom is -0.389 e. The van der Waals surface area contributed by atoms with Crippen molar-refractivity contribution in [2.45, 2.75) is 19.4 Å². The van der Waals surface area contributed by atoms with Crippen molar-refractivity contribution in [3.05, 3.63) is 29.3 Å². The molecular weight excluding hydrogens is 242 g/mol. The van der Waals surface area contributed by atoms with E-state index in [0.717, 1.165) is 11.3 Å². The number of hydrogen-bond acceptors (Lipinski definition) is 4. The molecule has 19 heavy (non-hydrogen) atoms. The number of hydrogen-bond donors (Lipinski definition) is 2. The van der Waals surface area contributed by atoms with Gasteiger partial charge in [-0.2, -0.15) is 5.26 Å². The van der Waals surface area contributed by atoms with Gasteiger partial charge in [0.1, 0.15) is 0 Å².